The van der Waals surface area contributed by atoms with Gasteiger partial charge in [0.15, 0.2) is 5.69 Å². The van der Waals surface area contributed by atoms with Crippen LogP contribution in [0.3, 0.4) is 0 Å². The van der Waals surface area contributed by atoms with Crippen LogP contribution in [-0.4, -0.2) is 4.98 Å². The maximum atomic E-state index is 7.78. The number of para-hydroxylation sites is 1. The van der Waals surface area contributed by atoms with Crippen LogP contribution in [0.2, 0.25) is 0 Å². The lowest BCUT2D eigenvalue weighted by molar-refractivity contribution is -0.663. The molecule has 0 N–H and O–H groups in total. The van der Waals surface area contributed by atoms with Gasteiger partial charge in [0.25, 0.3) is 6.33 Å². The van der Waals surface area contributed by atoms with E-state index in [1.54, 1.807) is 12.4 Å². The Balaban J connectivity index is 2.01. The standard InChI is InChI=1S/C23H19N2O/c1-14-12-19(25(3)13-24-14)21-15(2)16-8-4-5-9-17(16)22-18-10-6-7-11-20(18)26-23(21)22/h4-13H,1-3H3/q+1/i1D3. The highest BCUT2D eigenvalue weighted by Gasteiger charge is 2.22. The van der Waals surface area contributed by atoms with Crippen LogP contribution in [0.5, 0.6) is 0 Å². The summed E-state index contributed by atoms with van der Waals surface area (Å²) < 4.78 is 31.5. The van der Waals surface area contributed by atoms with Crippen LogP contribution in [0.1, 0.15) is 15.4 Å². The van der Waals surface area contributed by atoms with Gasteiger partial charge >= 0.3 is 0 Å². The van der Waals surface area contributed by atoms with Crippen LogP contribution < -0.4 is 4.57 Å². The quantitative estimate of drug-likeness (QED) is 0.390. The molecule has 3 heteroatoms. The minimum Gasteiger partial charge on any atom is -0.455 e. The third-order valence-corrected chi connectivity index (χ3v) is 5.08. The van der Waals surface area contributed by atoms with Crippen LogP contribution in [0.25, 0.3) is 44.0 Å². The van der Waals surface area contributed by atoms with Gasteiger partial charge in [-0.05, 0) is 29.3 Å². The van der Waals surface area contributed by atoms with Gasteiger partial charge in [-0.2, -0.15) is 0 Å². The number of hydrogen-bond acceptors (Lipinski definition) is 2. The third kappa shape index (κ3) is 2.00. The van der Waals surface area contributed by atoms with E-state index < -0.39 is 6.85 Å². The second-order valence-corrected chi connectivity index (χ2v) is 6.62. The maximum Gasteiger partial charge on any atom is 0.286 e. The average molecular weight is 342 g/mol. The lowest BCUT2D eigenvalue weighted by Crippen LogP contribution is -2.31. The molecule has 3 aromatic carbocycles. The van der Waals surface area contributed by atoms with Gasteiger partial charge in [0.1, 0.15) is 16.9 Å². The summed E-state index contributed by atoms with van der Waals surface area (Å²) in [6, 6.07) is 17.9. The fraction of sp³-hybridized carbons (Fsp3) is 0.130. The molecule has 0 aliphatic heterocycles. The lowest BCUT2D eigenvalue weighted by Gasteiger charge is -2.11. The van der Waals surface area contributed by atoms with E-state index in [9.17, 15) is 0 Å². The van der Waals surface area contributed by atoms with Crippen LogP contribution >= 0.6 is 0 Å². The first-order chi connectivity index (χ1) is 13.9. The normalized spacial score (nSPS) is 13.8. The molecule has 2 aromatic heterocycles. The van der Waals surface area contributed by atoms with E-state index in [-0.39, 0.29) is 5.69 Å². The number of aryl methyl sites for hydroxylation is 3. The van der Waals surface area contributed by atoms with Crippen molar-refractivity contribution in [3.8, 4) is 11.3 Å². The van der Waals surface area contributed by atoms with E-state index >= 15 is 0 Å². The minimum atomic E-state index is -2.28. The van der Waals surface area contributed by atoms with Crippen molar-refractivity contribution in [3.63, 3.8) is 0 Å². The van der Waals surface area contributed by atoms with E-state index in [2.05, 4.69) is 30.1 Å². The van der Waals surface area contributed by atoms with E-state index in [1.165, 1.54) is 0 Å². The van der Waals surface area contributed by atoms with E-state index in [0.717, 1.165) is 49.5 Å². The number of benzene rings is 3. The van der Waals surface area contributed by atoms with Gasteiger partial charge in [0, 0.05) is 27.8 Å². The number of hydrogen-bond donors (Lipinski definition) is 0. The predicted octanol–water partition coefficient (Wildman–Crippen LogP) is 5.24. The Kier molecular flexibility index (Phi) is 2.53. The minimum absolute atomic E-state index is 0.0717. The highest BCUT2D eigenvalue weighted by atomic mass is 16.3. The Morgan fingerprint density at radius 2 is 1.73 bits per heavy atom. The van der Waals surface area contributed by atoms with Gasteiger partial charge < -0.3 is 4.42 Å². The van der Waals surface area contributed by atoms with Crippen LogP contribution in [0, 0.1) is 13.8 Å². The fourth-order valence-corrected chi connectivity index (χ4v) is 3.86. The second-order valence-electron chi connectivity index (χ2n) is 6.62. The zero-order valence-corrected chi connectivity index (χ0v) is 14.6. The Bertz CT molecular complexity index is 1420. The third-order valence-electron chi connectivity index (χ3n) is 5.08. The zero-order chi connectivity index (χ0) is 20.3. The molecular formula is C23H19N2O+. The van der Waals surface area contributed by atoms with Crippen molar-refractivity contribution in [3.05, 3.63) is 72.2 Å². The van der Waals surface area contributed by atoms with E-state index in [4.69, 9.17) is 8.53 Å². The number of aromatic nitrogens is 2. The lowest BCUT2D eigenvalue weighted by atomic mass is 9.93. The molecular weight excluding hydrogens is 320 g/mol. The van der Waals surface area contributed by atoms with Gasteiger partial charge in [-0.1, -0.05) is 47.4 Å². The molecule has 0 fully saturated rings. The molecule has 0 saturated carbocycles. The summed E-state index contributed by atoms with van der Waals surface area (Å²) >= 11 is 0. The molecule has 0 aliphatic carbocycles. The van der Waals surface area contributed by atoms with Crippen LogP contribution in [0.4, 0.5) is 0 Å². The molecule has 2 heterocycles. The number of fused-ring (bicyclic) bond motifs is 5. The summed E-state index contributed by atoms with van der Waals surface area (Å²) in [4.78, 5) is 4.12. The number of furan rings is 1. The first-order valence-corrected chi connectivity index (χ1v) is 8.55. The molecule has 0 spiro atoms. The maximum absolute atomic E-state index is 7.78. The molecule has 0 unspecified atom stereocenters. The summed E-state index contributed by atoms with van der Waals surface area (Å²) in [7, 11) is 1.87. The van der Waals surface area contributed by atoms with Crippen molar-refractivity contribution >= 4 is 32.7 Å². The predicted molar refractivity (Wildman–Crippen MR) is 105 cm³/mol. The molecule has 5 aromatic rings. The van der Waals surface area contributed by atoms with Crippen LogP contribution in [-0.2, 0) is 7.05 Å². The van der Waals surface area contributed by atoms with Crippen LogP contribution in [0.15, 0.2) is 65.3 Å². The second kappa shape index (κ2) is 5.40. The first kappa shape index (κ1) is 12.2. The van der Waals surface area contributed by atoms with Gasteiger partial charge in [-0.3, -0.25) is 0 Å². The van der Waals surface area contributed by atoms with Gasteiger partial charge in [0.05, 0.1) is 12.6 Å². The largest absolute Gasteiger partial charge is 0.455 e. The Morgan fingerprint density at radius 3 is 2.54 bits per heavy atom. The van der Waals surface area contributed by atoms with Crippen molar-refractivity contribution in [2.45, 2.75) is 13.8 Å². The Morgan fingerprint density at radius 1 is 1.00 bits per heavy atom. The van der Waals surface area contributed by atoms with E-state index in [1.807, 2.05) is 41.9 Å². The fourth-order valence-electron chi connectivity index (χ4n) is 3.86. The number of rotatable bonds is 1. The Labute approximate surface area is 155 Å². The Hall–Kier alpha value is -3.20. The van der Waals surface area contributed by atoms with Crippen molar-refractivity contribution in [2.75, 3.05) is 0 Å². The van der Waals surface area contributed by atoms with Gasteiger partial charge in [-0.15, -0.1) is 0 Å². The van der Waals surface area contributed by atoms with Crippen molar-refractivity contribution in [2.24, 2.45) is 7.05 Å². The molecule has 0 aliphatic rings. The molecule has 126 valence electrons. The molecule has 0 saturated heterocycles. The summed E-state index contributed by atoms with van der Waals surface area (Å²) in [6.07, 6.45) is 1.56. The number of nitrogens with zero attached hydrogens (tertiary/aromatic N) is 2. The summed E-state index contributed by atoms with van der Waals surface area (Å²) in [5.41, 5.74) is 4.35. The van der Waals surface area contributed by atoms with Crippen molar-refractivity contribution in [1.29, 1.82) is 0 Å². The summed E-state index contributed by atoms with van der Waals surface area (Å²) in [5.74, 6) is 0. The van der Waals surface area contributed by atoms with E-state index in [0.29, 0.717) is 0 Å². The topological polar surface area (TPSA) is 29.9 Å². The molecule has 5 rings (SSSR count). The summed E-state index contributed by atoms with van der Waals surface area (Å²) in [5, 5.41) is 4.34. The molecule has 0 radical (unpaired) electrons. The monoisotopic (exact) mass is 342 g/mol. The molecule has 0 amide bonds. The zero-order valence-electron chi connectivity index (χ0n) is 17.6. The van der Waals surface area contributed by atoms with Gasteiger partial charge in [0.2, 0.25) is 0 Å². The highest BCUT2D eigenvalue weighted by Crippen LogP contribution is 2.42. The average Bonchev–Trinajstić information content (AvgIpc) is 3.08. The molecule has 0 atom stereocenters. The molecule has 26 heavy (non-hydrogen) atoms. The smallest absolute Gasteiger partial charge is 0.286 e. The van der Waals surface area contributed by atoms with Gasteiger partial charge in [-0.25, -0.2) is 4.57 Å². The van der Waals surface area contributed by atoms with Crippen molar-refractivity contribution in [1.82, 2.24) is 4.98 Å². The van der Waals surface area contributed by atoms with Crippen molar-refractivity contribution < 1.29 is 13.1 Å². The first-order valence-electron chi connectivity index (χ1n) is 10.1. The molecule has 3 nitrogen and oxygen atoms in total. The molecule has 0 bridgehead atoms. The summed E-state index contributed by atoms with van der Waals surface area (Å²) in [6.45, 7) is -0.222. The SMILES string of the molecule is [2H]C([2H])([2H])c1cc(-c2c(C)c3ccccc3c3c2oc2ccccc23)[n+](C)cn1. The highest BCUT2D eigenvalue weighted by molar-refractivity contribution is 6.23.